The first-order valence-corrected chi connectivity index (χ1v) is 10.1. The van der Waals surface area contributed by atoms with Crippen LogP contribution in [0.4, 0.5) is 0 Å². The molecule has 27 heavy (non-hydrogen) atoms. The van der Waals surface area contributed by atoms with Crippen molar-refractivity contribution in [1.82, 2.24) is 10.2 Å². The first kappa shape index (κ1) is 18.6. The van der Waals surface area contributed by atoms with Crippen LogP contribution < -0.4 is 14.8 Å². The second kappa shape index (κ2) is 7.68. The summed E-state index contributed by atoms with van der Waals surface area (Å²) in [7, 11) is 3.34. The van der Waals surface area contributed by atoms with Crippen molar-refractivity contribution in [3.8, 4) is 11.5 Å². The molecule has 0 aliphatic carbocycles. The third kappa shape index (κ3) is 3.41. The number of carbonyl (C=O) groups is 1. The summed E-state index contributed by atoms with van der Waals surface area (Å²) in [5.41, 5.74) is 2.16. The molecule has 0 bridgehead atoms. The van der Waals surface area contributed by atoms with E-state index in [1.807, 2.05) is 4.90 Å². The molecule has 2 saturated heterocycles. The summed E-state index contributed by atoms with van der Waals surface area (Å²) < 4.78 is 17.3. The first-order valence-electron chi connectivity index (χ1n) is 10.1. The topological polar surface area (TPSA) is 60.0 Å². The van der Waals surface area contributed by atoms with E-state index >= 15 is 0 Å². The summed E-state index contributed by atoms with van der Waals surface area (Å²) in [5, 5.41) is 3.38. The number of methoxy groups -OCH3 is 2. The molecule has 1 N–H and O–H groups in total. The van der Waals surface area contributed by atoms with Crippen LogP contribution >= 0.6 is 0 Å². The monoisotopic (exact) mass is 374 g/mol. The van der Waals surface area contributed by atoms with Crippen molar-refractivity contribution in [2.75, 3.05) is 40.5 Å². The molecule has 1 spiro atoms. The summed E-state index contributed by atoms with van der Waals surface area (Å²) in [6.45, 7) is 3.14. The van der Waals surface area contributed by atoms with Crippen LogP contribution in [-0.4, -0.2) is 57.3 Å². The largest absolute Gasteiger partial charge is 0.493 e. The van der Waals surface area contributed by atoms with Crippen LogP contribution in [-0.2, 0) is 21.6 Å². The van der Waals surface area contributed by atoms with Gasteiger partial charge in [-0.15, -0.1) is 0 Å². The minimum atomic E-state index is -0.316. The van der Waals surface area contributed by atoms with Gasteiger partial charge in [-0.05, 0) is 61.9 Å². The van der Waals surface area contributed by atoms with Gasteiger partial charge < -0.3 is 24.4 Å². The van der Waals surface area contributed by atoms with Crippen LogP contribution in [0.1, 0.15) is 43.2 Å². The molecule has 1 unspecified atom stereocenters. The number of piperidine rings is 2. The second-order valence-corrected chi connectivity index (χ2v) is 7.78. The van der Waals surface area contributed by atoms with Crippen molar-refractivity contribution >= 4 is 5.91 Å². The molecule has 1 atom stereocenters. The third-order valence-electron chi connectivity index (χ3n) is 6.34. The Kier molecular flexibility index (Phi) is 5.28. The first-order chi connectivity index (χ1) is 13.2. The number of fused-ring (bicyclic) bond motifs is 2. The molecule has 6 heteroatoms. The van der Waals surface area contributed by atoms with Crippen LogP contribution in [0.5, 0.6) is 11.5 Å². The van der Waals surface area contributed by atoms with E-state index in [-0.39, 0.29) is 17.6 Å². The highest BCUT2D eigenvalue weighted by atomic mass is 16.5. The number of hydrogen-bond acceptors (Lipinski definition) is 5. The van der Waals surface area contributed by atoms with Crippen LogP contribution in [0.25, 0.3) is 0 Å². The second-order valence-electron chi connectivity index (χ2n) is 7.78. The summed E-state index contributed by atoms with van der Waals surface area (Å²) in [6.07, 6.45) is 5.80. The number of nitrogens with one attached hydrogen (secondary N) is 1. The molecule has 1 aromatic carbocycles. The highest BCUT2D eigenvalue weighted by Crippen LogP contribution is 2.45. The molecular weight excluding hydrogens is 344 g/mol. The van der Waals surface area contributed by atoms with Crippen molar-refractivity contribution in [1.29, 1.82) is 0 Å². The Morgan fingerprint density at radius 2 is 1.93 bits per heavy atom. The van der Waals surface area contributed by atoms with E-state index in [1.165, 1.54) is 17.5 Å². The summed E-state index contributed by atoms with van der Waals surface area (Å²) in [5.74, 6) is 1.77. The zero-order valence-electron chi connectivity index (χ0n) is 16.4. The van der Waals surface area contributed by atoms with Gasteiger partial charge in [0.1, 0.15) is 0 Å². The highest BCUT2D eigenvalue weighted by Gasteiger charge is 2.43. The van der Waals surface area contributed by atoms with Gasteiger partial charge in [0.2, 0.25) is 5.91 Å². The van der Waals surface area contributed by atoms with Crippen LogP contribution in [0.2, 0.25) is 0 Å². The van der Waals surface area contributed by atoms with E-state index in [9.17, 15) is 4.79 Å². The molecule has 2 fully saturated rings. The lowest BCUT2D eigenvalue weighted by molar-refractivity contribution is -0.143. The Labute approximate surface area is 161 Å². The SMILES string of the molecule is COc1cc2c(cc1OC)C1(CCN(C(=O)C3CCCCN3)CC1)OCC2. The summed E-state index contributed by atoms with van der Waals surface area (Å²) >= 11 is 0. The molecule has 1 aromatic rings. The van der Waals surface area contributed by atoms with Crippen molar-refractivity contribution < 1.29 is 19.0 Å². The molecule has 1 amide bonds. The maximum absolute atomic E-state index is 12.8. The number of hydrogen-bond donors (Lipinski definition) is 1. The molecule has 3 heterocycles. The normalized spacial score (nSPS) is 24.4. The van der Waals surface area contributed by atoms with Gasteiger partial charge in [0.25, 0.3) is 0 Å². The molecule has 148 valence electrons. The number of amides is 1. The number of rotatable bonds is 3. The third-order valence-corrected chi connectivity index (χ3v) is 6.34. The fraction of sp³-hybridized carbons (Fsp3) is 0.667. The smallest absolute Gasteiger partial charge is 0.239 e. The Balaban J connectivity index is 1.52. The molecule has 3 aliphatic heterocycles. The van der Waals surface area contributed by atoms with Crippen molar-refractivity contribution in [3.63, 3.8) is 0 Å². The van der Waals surface area contributed by atoms with Gasteiger partial charge in [0.15, 0.2) is 11.5 Å². The Bertz CT molecular complexity index is 692. The molecule has 0 aromatic heterocycles. The van der Waals surface area contributed by atoms with Crippen molar-refractivity contribution in [2.45, 2.75) is 50.2 Å². The number of benzene rings is 1. The molecule has 0 radical (unpaired) electrons. The maximum atomic E-state index is 12.8. The van der Waals surface area contributed by atoms with Gasteiger partial charge in [-0.3, -0.25) is 4.79 Å². The van der Waals surface area contributed by atoms with Crippen LogP contribution in [0, 0.1) is 0 Å². The lowest BCUT2D eigenvalue weighted by atomic mass is 9.79. The zero-order chi connectivity index (χ0) is 18.9. The minimum absolute atomic E-state index is 0.00304. The lowest BCUT2D eigenvalue weighted by Gasteiger charge is -2.46. The molecular formula is C21H30N2O4. The Hall–Kier alpha value is -1.79. The maximum Gasteiger partial charge on any atom is 0.239 e. The minimum Gasteiger partial charge on any atom is -0.493 e. The fourth-order valence-corrected chi connectivity index (χ4v) is 4.77. The van der Waals surface area contributed by atoms with E-state index in [4.69, 9.17) is 14.2 Å². The van der Waals surface area contributed by atoms with Crippen molar-refractivity contribution in [3.05, 3.63) is 23.3 Å². The predicted octanol–water partition coefficient (Wildman–Crippen LogP) is 2.24. The number of carbonyl (C=O) groups excluding carboxylic acids is 1. The Morgan fingerprint density at radius 1 is 1.19 bits per heavy atom. The quantitative estimate of drug-likeness (QED) is 0.879. The fourth-order valence-electron chi connectivity index (χ4n) is 4.77. The summed E-state index contributed by atoms with van der Waals surface area (Å²) in [4.78, 5) is 14.9. The molecule has 3 aliphatic rings. The van der Waals surface area contributed by atoms with Gasteiger partial charge in [-0.1, -0.05) is 6.42 Å². The lowest BCUT2D eigenvalue weighted by Crippen LogP contribution is -2.54. The van der Waals surface area contributed by atoms with Gasteiger partial charge in [-0.25, -0.2) is 0 Å². The van der Waals surface area contributed by atoms with Crippen LogP contribution in [0.15, 0.2) is 12.1 Å². The highest BCUT2D eigenvalue weighted by molar-refractivity contribution is 5.82. The van der Waals surface area contributed by atoms with Gasteiger partial charge in [0.05, 0.1) is 32.5 Å². The average Bonchev–Trinajstić information content (AvgIpc) is 2.74. The zero-order valence-corrected chi connectivity index (χ0v) is 16.4. The standard InChI is InChI=1S/C21H30N2O4/c1-25-18-13-15-6-12-27-21(16(15)14-19(18)26-2)7-10-23(11-8-21)20(24)17-5-3-4-9-22-17/h13-14,17,22H,3-12H2,1-2H3. The number of likely N-dealkylation sites (tertiary alicyclic amines) is 1. The van der Waals surface area contributed by atoms with E-state index < -0.39 is 0 Å². The van der Waals surface area contributed by atoms with E-state index in [2.05, 4.69) is 17.4 Å². The van der Waals surface area contributed by atoms with Crippen molar-refractivity contribution in [2.24, 2.45) is 0 Å². The van der Waals surface area contributed by atoms with Gasteiger partial charge in [0, 0.05) is 13.1 Å². The van der Waals surface area contributed by atoms with E-state index in [0.717, 1.165) is 63.2 Å². The van der Waals surface area contributed by atoms with Gasteiger partial charge in [-0.2, -0.15) is 0 Å². The molecule has 4 rings (SSSR count). The van der Waals surface area contributed by atoms with Gasteiger partial charge >= 0.3 is 0 Å². The van der Waals surface area contributed by atoms with E-state index in [0.29, 0.717) is 6.61 Å². The van der Waals surface area contributed by atoms with Crippen LogP contribution in [0.3, 0.4) is 0 Å². The van der Waals surface area contributed by atoms with E-state index in [1.54, 1.807) is 14.2 Å². The number of nitrogens with zero attached hydrogens (tertiary/aromatic N) is 1. The molecule has 0 saturated carbocycles. The average molecular weight is 374 g/mol. The number of ether oxygens (including phenoxy) is 3. The summed E-state index contributed by atoms with van der Waals surface area (Å²) in [6, 6.07) is 4.16. The Morgan fingerprint density at radius 3 is 2.59 bits per heavy atom. The molecule has 6 nitrogen and oxygen atoms in total. The predicted molar refractivity (Wildman–Crippen MR) is 102 cm³/mol.